The van der Waals surface area contributed by atoms with Gasteiger partial charge in [-0.05, 0) is 25.1 Å². The van der Waals surface area contributed by atoms with E-state index in [1.165, 1.54) is 6.07 Å². The number of rotatable bonds is 2. The largest absolute Gasteiger partial charge is 0.416 e. The molecule has 2 rings (SSSR count). The first-order valence-corrected chi connectivity index (χ1v) is 7.11. The molecule has 126 valence electrons. The molecule has 0 heterocycles. The van der Waals surface area contributed by atoms with Crippen LogP contribution in [0.4, 0.5) is 32.0 Å². The first-order valence-electron chi connectivity index (χ1n) is 6.29. The number of hydrogen-bond acceptors (Lipinski definition) is 3. The summed E-state index contributed by atoms with van der Waals surface area (Å²) in [7, 11) is 0. The van der Waals surface area contributed by atoms with Gasteiger partial charge in [-0.3, -0.25) is 0 Å². The van der Waals surface area contributed by atoms with E-state index in [4.69, 9.17) is 11.0 Å². The molecule has 0 saturated carbocycles. The van der Waals surface area contributed by atoms with Crippen molar-refractivity contribution in [2.75, 3.05) is 5.73 Å². The number of halogens is 6. The highest BCUT2D eigenvalue weighted by Crippen LogP contribution is 2.40. The molecule has 0 bridgehead atoms. The van der Waals surface area contributed by atoms with Gasteiger partial charge in [0, 0.05) is 21.0 Å². The van der Waals surface area contributed by atoms with E-state index in [1.807, 2.05) is 0 Å². The lowest BCUT2D eigenvalue weighted by atomic mass is 10.1. The van der Waals surface area contributed by atoms with Crippen LogP contribution in [-0.4, -0.2) is 0 Å². The van der Waals surface area contributed by atoms with Crippen LogP contribution < -0.4 is 5.73 Å². The van der Waals surface area contributed by atoms with Crippen molar-refractivity contribution in [3.05, 3.63) is 52.3 Å². The number of nitriles is 1. The van der Waals surface area contributed by atoms with Gasteiger partial charge in [0.05, 0.1) is 5.56 Å². The van der Waals surface area contributed by atoms with Crippen LogP contribution in [-0.2, 0) is 6.18 Å². The van der Waals surface area contributed by atoms with Crippen molar-refractivity contribution in [3.63, 3.8) is 0 Å². The molecule has 2 N–H and O–H groups in total. The lowest BCUT2D eigenvalue weighted by Crippen LogP contribution is -2.06. The quantitative estimate of drug-likeness (QED) is 0.463. The van der Waals surface area contributed by atoms with Gasteiger partial charge in [-0.2, -0.15) is 18.4 Å². The lowest BCUT2D eigenvalue weighted by Gasteiger charge is -2.14. The second-order valence-electron chi connectivity index (χ2n) is 4.74. The summed E-state index contributed by atoms with van der Waals surface area (Å²) >= 11 is 0.587. The van der Waals surface area contributed by atoms with Crippen LogP contribution in [0.25, 0.3) is 0 Å². The van der Waals surface area contributed by atoms with E-state index in [1.54, 1.807) is 0 Å². The maximum atomic E-state index is 13.7. The van der Waals surface area contributed by atoms with Crippen molar-refractivity contribution in [2.45, 2.75) is 22.9 Å². The fourth-order valence-electron chi connectivity index (χ4n) is 1.91. The Kier molecular flexibility index (Phi) is 4.71. The molecule has 0 spiro atoms. The molecule has 9 heteroatoms. The Balaban J connectivity index is 2.56. The predicted molar refractivity (Wildman–Crippen MR) is 75.7 cm³/mol. The first-order chi connectivity index (χ1) is 11.1. The van der Waals surface area contributed by atoms with E-state index in [0.29, 0.717) is 17.8 Å². The van der Waals surface area contributed by atoms with Gasteiger partial charge in [-0.1, -0.05) is 11.8 Å². The second-order valence-corrected chi connectivity index (χ2v) is 5.79. The van der Waals surface area contributed by atoms with Crippen LogP contribution in [0.5, 0.6) is 0 Å². The SMILES string of the molecule is Cc1c(F)c(F)c(F)c(C#N)c1Sc1ccc(C(F)(F)F)cc1N. The minimum Gasteiger partial charge on any atom is -0.398 e. The van der Waals surface area contributed by atoms with Crippen LogP contribution >= 0.6 is 11.8 Å². The molecule has 0 fully saturated rings. The first kappa shape index (κ1) is 18.0. The second kappa shape index (κ2) is 6.28. The van der Waals surface area contributed by atoms with Crippen LogP contribution in [0.3, 0.4) is 0 Å². The van der Waals surface area contributed by atoms with E-state index in [2.05, 4.69) is 0 Å². The van der Waals surface area contributed by atoms with Gasteiger partial charge < -0.3 is 5.73 Å². The zero-order valence-corrected chi connectivity index (χ0v) is 12.7. The summed E-state index contributed by atoms with van der Waals surface area (Å²) in [6.45, 7) is 1.13. The van der Waals surface area contributed by atoms with Crippen molar-refractivity contribution in [3.8, 4) is 6.07 Å². The summed E-state index contributed by atoms with van der Waals surface area (Å²) in [5, 5.41) is 8.96. The fraction of sp³-hybridized carbons (Fsp3) is 0.133. The zero-order chi connectivity index (χ0) is 18.2. The summed E-state index contributed by atoms with van der Waals surface area (Å²) in [5.74, 6) is -4.91. The van der Waals surface area contributed by atoms with Gasteiger partial charge in [0.25, 0.3) is 0 Å². The molecule has 24 heavy (non-hydrogen) atoms. The van der Waals surface area contributed by atoms with Crippen molar-refractivity contribution >= 4 is 17.4 Å². The molecular formula is C15H8F6N2S. The molecule has 0 saturated heterocycles. The smallest absolute Gasteiger partial charge is 0.398 e. The van der Waals surface area contributed by atoms with Gasteiger partial charge >= 0.3 is 6.18 Å². The lowest BCUT2D eigenvalue weighted by molar-refractivity contribution is -0.137. The molecule has 0 radical (unpaired) electrons. The average Bonchev–Trinajstić information content (AvgIpc) is 2.51. The number of nitrogens with two attached hydrogens (primary N) is 1. The third kappa shape index (κ3) is 3.14. The van der Waals surface area contributed by atoms with E-state index in [-0.39, 0.29) is 21.0 Å². The zero-order valence-electron chi connectivity index (χ0n) is 11.9. The highest BCUT2D eigenvalue weighted by Gasteiger charge is 2.31. The number of nitrogens with zero attached hydrogens (tertiary/aromatic N) is 1. The minimum absolute atomic E-state index is 0.0491. The van der Waals surface area contributed by atoms with E-state index in [0.717, 1.165) is 19.1 Å². The standard InChI is InChI=1S/C15H8F6N2S/c1-6-11(16)13(18)12(17)8(5-22)14(6)24-10-3-2-7(4-9(10)23)15(19,20)21/h2-4H,23H2,1H3. The van der Waals surface area contributed by atoms with Crippen molar-refractivity contribution < 1.29 is 26.3 Å². The molecule has 0 atom stereocenters. The summed E-state index contributed by atoms with van der Waals surface area (Å²) in [5.41, 5.74) is 3.19. The maximum absolute atomic E-state index is 13.7. The fourth-order valence-corrected chi connectivity index (χ4v) is 2.93. The van der Waals surface area contributed by atoms with Crippen LogP contribution in [0.15, 0.2) is 28.0 Å². The topological polar surface area (TPSA) is 49.8 Å². The Hall–Kier alpha value is -2.34. The van der Waals surface area contributed by atoms with E-state index >= 15 is 0 Å². The third-order valence-corrected chi connectivity index (χ3v) is 4.47. The molecule has 0 aromatic heterocycles. The molecule has 0 amide bonds. The Labute approximate surface area is 136 Å². The molecule has 2 aromatic carbocycles. The van der Waals surface area contributed by atoms with E-state index < -0.39 is 34.8 Å². The van der Waals surface area contributed by atoms with Crippen molar-refractivity contribution in [2.24, 2.45) is 0 Å². The van der Waals surface area contributed by atoms with Gasteiger partial charge in [-0.15, -0.1) is 0 Å². The summed E-state index contributed by atoms with van der Waals surface area (Å²) < 4.78 is 78.6. The molecule has 2 aromatic rings. The van der Waals surface area contributed by atoms with Gasteiger partial charge in [0.2, 0.25) is 0 Å². The number of benzene rings is 2. The van der Waals surface area contributed by atoms with Crippen LogP contribution in [0, 0.1) is 35.7 Å². The highest BCUT2D eigenvalue weighted by atomic mass is 32.2. The van der Waals surface area contributed by atoms with Crippen LogP contribution in [0.2, 0.25) is 0 Å². The molecule has 0 aliphatic heterocycles. The summed E-state index contributed by atoms with van der Waals surface area (Å²) in [6, 6.07) is 3.85. The van der Waals surface area contributed by atoms with Gasteiger partial charge in [0.1, 0.15) is 11.6 Å². The Morgan fingerprint density at radius 3 is 2.21 bits per heavy atom. The molecule has 2 nitrogen and oxygen atoms in total. The molecule has 0 unspecified atom stereocenters. The Bertz CT molecular complexity index is 855. The average molecular weight is 362 g/mol. The third-order valence-electron chi connectivity index (χ3n) is 3.16. The summed E-state index contributed by atoms with van der Waals surface area (Å²) in [4.78, 5) is -0.201. The number of hydrogen-bond donors (Lipinski definition) is 1. The number of anilines is 1. The molecular weight excluding hydrogens is 354 g/mol. The van der Waals surface area contributed by atoms with Crippen molar-refractivity contribution in [1.29, 1.82) is 5.26 Å². The Morgan fingerprint density at radius 1 is 1.08 bits per heavy atom. The van der Waals surface area contributed by atoms with Gasteiger partial charge in [0.15, 0.2) is 17.5 Å². The monoisotopic (exact) mass is 362 g/mol. The maximum Gasteiger partial charge on any atom is 0.416 e. The summed E-state index contributed by atoms with van der Waals surface area (Å²) in [6.07, 6.45) is -4.60. The Morgan fingerprint density at radius 2 is 1.71 bits per heavy atom. The molecule has 0 aliphatic carbocycles. The minimum atomic E-state index is -4.60. The highest BCUT2D eigenvalue weighted by molar-refractivity contribution is 7.99. The molecule has 0 aliphatic rings. The normalized spacial score (nSPS) is 11.4. The predicted octanol–water partition coefficient (Wildman–Crippen LogP) is 5.04. The number of alkyl halides is 3. The van der Waals surface area contributed by atoms with Crippen molar-refractivity contribution in [1.82, 2.24) is 0 Å². The van der Waals surface area contributed by atoms with Crippen LogP contribution in [0.1, 0.15) is 16.7 Å². The number of nitrogen functional groups attached to an aromatic ring is 1. The van der Waals surface area contributed by atoms with Gasteiger partial charge in [-0.25, -0.2) is 13.2 Å². The van der Waals surface area contributed by atoms with E-state index in [9.17, 15) is 26.3 Å².